The van der Waals surface area contributed by atoms with Gasteiger partial charge in [-0.25, -0.2) is 9.48 Å². The molecular weight excluding hydrogens is 613 g/mol. The van der Waals surface area contributed by atoms with E-state index in [1.54, 1.807) is 16.4 Å². The van der Waals surface area contributed by atoms with Crippen molar-refractivity contribution in [3.8, 4) is 11.1 Å². The molecule has 1 aliphatic heterocycles. The van der Waals surface area contributed by atoms with E-state index in [2.05, 4.69) is 57.3 Å². The quantitative estimate of drug-likeness (QED) is 0.150. The van der Waals surface area contributed by atoms with Crippen LogP contribution in [0.2, 0.25) is 0 Å². The summed E-state index contributed by atoms with van der Waals surface area (Å²) < 4.78 is 14.9. The van der Waals surface area contributed by atoms with Crippen molar-refractivity contribution in [1.29, 1.82) is 0 Å². The first-order chi connectivity index (χ1) is 23.0. The molecule has 2 amide bonds. The maximum absolute atomic E-state index is 12.4. The summed E-state index contributed by atoms with van der Waals surface area (Å²) in [7, 11) is 1.82. The Bertz CT molecular complexity index is 1750. The van der Waals surface area contributed by atoms with Gasteiger partial charge in [-0.15, -0.1) is 5.10 Å². The lowest BCUT2D eigenvalue weighted by atomic mass is 9.91. The topological polar surface area (TPSA) is 123 Å². The van der Waals surface area contributed by atoms with E-state index in [0.717, 1.165) is 44.1 Å². The van der Waals surface area contributed by atoms with Crippen molar-refractivity contribution >= 4 is 17.8 Å². The molecule has 0 unspecified atom stereocenters. The molecule has 4 aromatic carbocycles. The number of carbonyl (C=O) groups excluding carboxylic acids is 1. The van der Waals surface area contributed by atoms with Gasteiger partial charge >= 0.3 is 6.03 Å². The Morgan fingerprint density at radius 2 is 1.53 bits per heavy atom. The van der Waals surface area contributed by atoms with Crippen LogP contribution in [0.15, 0.2) is 108 Å². The van der Waals surface area contributed by atoms with Crippen LogP contribution in [-0.2, 0) is 36.2 Å². The Labute approximate surface area is 278 Å². The number of hydrogen-bond acceptors (Lipinski definition) is 8. The molecule has 0 radical (unpaired) electrons. The highest BCUT2D eigenvalue weighted by Gasteiger charge is 2.38. The van der Waals surface area contributed by atoms with Gasteiger partial charge in [0.1, 0.15) is 0 Å². The van der Waals surface area contributed by atoms with Crippen LogP contribution in [0.4, 0.5) is 4.79 Å². The van der Waals surface area contributed by atoms with Crippen molar-refractivity contribution in [3.05, 3.63) is 131 Å². The molecule has 3 N–H and O–H groups in total. The molecule has 1 aliphatic rings. The van der Waals surface area contributed by atoms with Gasteiger partial charge in [0.25, 0.3) is 0 Å². The van der Waals surface area contributed by atoms with Gasteiger partial charge in [-0.3, -0.25) is 0 Å². The Kier molecular flexibility index (Phi) is 10.6. The number of aliphatic hydroxyl groups is 1. The normalized spacial score (nSPS) is 19.3. The summed E-state index contributed by atoms with van der Waals surface area (Å²) in [5.74, 6) is 0.708. The fourth-order valence-electron chi connectivity index (χ4n) is 5.53. The number of tetrazole rings is 1. The smallest absolute Gasteiger partial charge is 0.315 e. The third kappa shape index (κ3) is 8.25. The van der Waals surface area contributed by atoms with Gasteiger partial charge < -0.3 is 25.2 Å². The number of hydrogen-bond donors (Lipinski definition) is 3. The number of carbonyl (C=O) groups is 1. The standard InChI is InChI=1S/C36H38N6O4S/c1-24-32(23-47-36-39-40-41-42(36)2)45-34(46-33(24)29-13-11-26(22-43)12-14-29)30-17-15-28(16-18-30)31-10-6-9-27(19-31)21-38-35(44)37-20-25-7-4-3-5-8-25/h3-19,24,32-34,43H,20-23H2,1-2H3,(H2,37,38,44)/t24-,32+,33+,34+/m1/s1. The molecule has 1 saturated heterocycles. The minimum absolute atomic E-state index is 0.00600. The number of amides is 2. The van der Waals surface area contributed by atoms with E-state index >= 15 is 0 Å². The molecule has 6 rings (SSSR count). The van der Waals surface area contributed by atoms with Crippen LogP contribution in [-0.4, -0.2) is 43.2 Å². The van der Waals surface area contributed by atoms with E-state index in [-0.39, 0.29) is 30.8 Å². The number of aromatic nitrogens is 4. The minimum Gasteiger partial charge on any atom is -0.392 e. The molecule has 242 valence electrons. The zero-order valence-electron chi connectivity index (χ0n) is 26.3. The molecule has 2 heterocycles. The van der Waals surface area contributed by atoms with Crippen molar-refractivity contribution in [3.63, 3.8) is 0 Å². The van der Waals surface area contributed by atoms with Crippen LogP contribution in [0.1, 0.15) is 47.1 Å². The van der Waals surface area contributed by atoms with Crippen molar-refractivity contribution in [2.24, 2.45) is 13.0 Å². The van der Waals surface area contributed by atoms with E-state index in [1.165, 1.54) is 0 Å². The van der Waals surface area contributed by atoms with E-state index < -0.39 is 6.29 Å². The second-order valence-corrected chi connectivity index (χ2v) is 12.5. The van der Waals surface area contributed by atoms with Crippen molar-refractivity contribution in [2.75, 3.05) is 5.75 Å². The number of nitrogens with zero attached hydrogens (tertiary/aromatic N) is 4. The van der Waals surface area contributed by atoms with Crippen LogP contribution in [0.3, 0.4) is 0 Å². The van der Waals surface area contributed by atoms with Gasteiger partial charge in [0.15, 0.2) is 6.29 Å². The Morgan fingerprint density at radius 1 is 0.830 bits per heavy atom. The predicted molar refractivity (Wildman–Crippen MR) is 180 cm³/mol. The number of urea groups is 1. The molecule has 0 aliphatic carbocycles. The van der Waals surface area contributed by atoms with Gasteiger partial charge in [0, 0.05) is 37.4 Å². The van der Waals surface area contributed by atoms with E-state index in [0.29, 0.717) is 18.8 Å². The third-order valence-electron chi connectivity index (χ3n) is 8.27. The number of nitrogens with one attached hydrogen (secondary N) is 2. The molecule has 0 bridgehead atoms. The fourth-order valence-corrected chi connectivity index (χ4v) is 6.54. The molecule has 1 fully saturated rings. The zero-order valence-corrected chi connectivity index (χ0v) is 27.1. The number of benzene rings is 4. The third-order valence-corrected chi connectivity index (χ3v) is 9.37. The number of aryl methyl sites for hydroxylation is 1. The summed E-state index contributed by atoms with van der Waals surface area (Å²) >= 11 is 1.56. The highest BCUT2D eigenvalue weighted by molar-refractivity contribution is 7.99. The highest BCUT2D eigenvalue weighted by Crippen LogP contribution is 2.43. The minimum atomic E-state index is -0.573. The van der Waals surface area contributed by atoms with Gasteiger partial charge in [0.2, 0.25) is 5.16 Å². The molecule has 5 aromatic rings. The van der Waals surface area contributed by atoms with Gasteiger partial charge in [0.05, 0.1) is 18.8 Å². The van der Waals surface area contributed by atoms with Crippen LogP contribution >= 0.6 is 11.8 Å². The summed E-state index contributed by atoms with van der Waals surface area (Å²) in [6, 6.07) is 33.9. The fraction of sp³-hybridized carbons (Fsp3) is 0.278. The number of rotatable bonds is 11. The van der Waals surface area contributed by atoms with Crippen LogP contribution in [0, 0.1) is 5.92 Å². The number of aliphatic hydroxyl groups excluding tert-OH is 1. The second-order valence-electron chi connectivity index (χ2n) is 11.6. The maximum atomic E-state index is 12.4. The largest absolute Gasteiger partial charge is 0.392 e. The average Bonchev–Trinajstić information content (AvgIpc) is 3.54. The highest BCUT2D eigenvalue weighted by atomic mass is 32.2. The lowest BCUT2D eigenvalue weighted by molar-refractivity contribution is -0.268. The van der Waals surface area contributed by atoms with E-state index in [9.17, 15) is 9.90 Å². The molecule has 10 nitrogen and oxygen atoms in total. The summed E-state index contributed by atoms with van der Waals surface area (Å²) in [6.45, 7) is 3.02. The molecule has 0 spiro atoms. The number of thioether (sulfide) groups is 1. The van der Waals surface area contributed by atoms with Crippen LogP contribution in [0.5, 0.6) is 0 Å². The van der Waals surface area contributed by atoms with Gasteiger partial charge in [-0.1, -0.05) is 116 Å². The first-order valence-electron chi connectivity index (χ1n) is 15.6. The maximum Gasteiger partial charge on any atom is 0.315 e. The Morgan fingerprint density at radius 3 is 2.23 bits per heavy atom. The molecule has 1 aromatic heterocycles. The monoisotopic (exact) mass is 650 g/mol. The lowest BCUT2D eigenvalue weighted by Gasteiger charge is -2.41. The first kappa shape index (κ1) is 32.4. The predicted octanol–water partition coefficient (Wildman–Crippen LogP) is 5.95. The van der Waals surface area contributed by atoms with Crippen LogP contribution in [0.25, 0.3) is 11.1 Å². The first-order valence-corrected chi connectivity index (χ1v) is 16.6. The Balaban J connectivity index is 1.13. The van der Waals surface area contributed by atoms with Crippen molar-refractivity contribution in [2.45, 2.75) is 50.3 Å². The van der Waals surface area contributed by atoms with Crippen LogP contribution < -0.4 is 10.6 Å². The zero-order chi connectivity index (χ0) is 32.6. The summed E-state index contributed by atoms with van der Waals surface area (Å²) in [5, 5.41) is 27.9. The average molecular weight is 651 g/mol. The van der Waals surface area contributed by atoms with Crippen molar-refractivity contribution < 1.29 is 19.4 Å². The summed E-state index contributed by atoms with van der Waals surface area (Å²) in [4.78, 5) is 12.4. The molecule has 4 atom stereocenters. The van der Waals surface area contributed by atoms with E-state index in [1.807, 2.05) is 85.9 Å². The SMILES string of the molecule is C[C@@H]1[C@H](CSc2nnnn2C)O[C@H](c2ccc(-c3cccc(CNC(=O)NCc4ccccc4)c3)cc2)O[C@@H]1c1ccc(CO)cc1. The summed E-state index contributed by atoms with van der Waals surface area (Å²) in [6.07, 6.45) is -0.916. The van der Waals surface area contributed by atoms with Crippen molar-refractivity contribution in [1.82, 2.24) is 30.8 Å². The van der Waals surface area contributed by atoms with Gasteiger partial charge in [-0.2, -0.15) is 0 Å². The summed E-state index contributed by atoms with van der Waals surface area (Å²) in [5.41, 5.74) is 6.96. The number of ether oxygens (including phenoxy) is 2. The second kappa shape index (κ2) is 15.4. The molecule has 0 saturated carbocycles. The molecule has 11 heteroatoms. The van der Waals surface area contributed by atoms with E-state index in [4.69, 9.17) is 9.47 Å². The molecular formula is C36H38N6O4S. The lowest BCUT2D eigenvalue weighted by Crippen LogP contribution is -2.38. The van der Waals surface area contributed by atoms with Gasteiger partial charge in [-0.05, 0) is 49.9 Å². The molecule has 47 heavy (non-hydrogen) atoms. The Hall–Kier alpha value is -4.55.